The molecule has 26 heavy (non-hydrogen) atoms. The molecule has 5 nitrogen and oxygen atoms in total. The maximum Gasteiger partial charge on any atom is 0.270 e. The highest BCUT2D eigenvalue weighted by Crippen LogP contribution is 2.37. The molecule has 0 aromatic heterocycles. The van der Waals surface area contributed by atoms with Gasteiger partial charge in [-0.25, -0.2) is 0 Å². The van der Waals surface area contributed by atoms with Crippen molar-refractivity contribution < 1.29 is 14.3 Å². The Bertz CT molecular complexity index is 864. The topological polar surface area (TPSA) is 58.6 Å². The third kappa shape index (κ3) is 3.75. The van der Waals surface area contributed by atoms with Gasteiger partial charge in [0.05, 0.1) is 5.69 Å². The van der Waals surface area contributed by atoms with Crippen molar-refractivity contribution in [3.8, 4) is 5.75 Å². The van der Waals surface area contributed by atoms with Gasteiger partial charge in [-0.2, -0.15) is 0 Å². The summed E-state index contributed by atoms with van der Waals surface area (Å²) in [6.45, 7) is 5.74. The summed E-state index contributed by atoms with van der Waals surface area (Å²) in [5.41, 5.74) is 1.53. The van der Waals surface area contributed by atoms with E-state index in [1.165, 1.54) is 0 Å². The zero-order valence-corrected chi connectivity index (χ0v) is 16.6. The molecule has 0 bridgehead atoms. The summed E-state index contributed by atoms with van der Waals surface area (Å²) in [7, 11) is 0. The van der Waals surface area contributed by atoms with Crippen LogP contribution in [0.2, 0.25) is 0 Å². The number of hydrogen-bond donors (Lipinski definition) is 1. The standard InChI is InChI=1S/C20H21BrN2O3/c1-13-12-14(8-9-15(13)21)22-18(24)10-11-23-16-6-4-5-7-17(16)26-20(2,3)19(23)25/h4-9,12H,10-11H2,1-3H3,(H,22,24). The number of carbonyl (C=O) groups is 2. The fraction of sp³-hybridized carbons (Fsp3) is 0.300. The number of anilines is 2. The summed E-state index contributed by atoms with van der Waals surface area (Å²) in [5.74, 6) is 0.367. The molecule has 0 fully saturated rings. The van der Waals surface area contributed by atoms with Gasteiger partial charge in [0.15, 0.2) is 5.60 Å². The van der Waals surface area contributed by atoms with Gasteiger partial charge in [-0.05, 0) is 56.7 Å². The van der Waals surface area contributed by atoms with Crippen molar-refractivity contribution in [3.05, 3.63) is 52.5 Å². The molecule has 2 aromatic carbocycles. The number of nitrogens with one attached hydrogen (secondary N) is 1. The van der Waals surface area contributed by atoms with Gasteiger partial charge < -0.3 is 15.0 Å². The molecule has 0 spiro atoms. The Kier molecular flexibility index (Phi) is 5.05. The number of rotatable bonds is 4. The van der Waals surface area contributed by atoms with E-state index < -0.39 is 5.60 Å². The monoisotopic (exact) mass is 416 g/mol. The van der Waals surface area contributed by atoms with Gasteiger partial charge >= 0.3 is 0 Å². The summed E-state index contributed by atoms with van der Waals surface area (Å²) in [4.78, 5) is 26.7. The third-order valence-corrected chi connectivity index (χ3v) is 5.18. The summed E-state index contributed by atoms with van der Waals surface area (Å²) in [6.07, 6.45) is 0.200. The molecule has 0 aliphatic carbocycles. The van der Waals surface area contributed by atoms with Gasteiger partial charge in [0.25, 0.3) is 5.91 Å². The van der Waals surface area contributed by atoms with E-state index in [-0.39, 0.29) is 18.2 Å². The summed E-state index contributed by atoms with van der Waals surface area (Å²) in [5, 5.41) is 2.88. The lowest BCUT2D eigenvalue weighted by molar-refractivity contribution is -0.132. The molecule has 0 saturated carbocycles. The number of fused-ring (bicyclic) bond motifs is 1. The Morgan fingerprint density at radius 2 is 1.96 bits per heavy atom. The van der Waals surface area contributed by atoms with Gasteiger partial charge in [0, 0.05) is 23.1 Å². The van der Waals surface area contributed by atoms with E-state index in [1.54, 1.807) is 18.7 Å². The highest BCUT2D eigenvalue weighted by Gasteiger charge is 2.40. The first kappa shape index (κ1) is 18.5. The molecule has 1 N–H and O–H groups in total. The van der Waals surface area contributed by atoms with Crippen LogP contribution in [0.5, 0.6) is 5.75 Å². The van der Waals surface area contributed by atoms with Crippen molar-refractivity contribution in [2.45, 2.75) is 32.8 Å². The molecule has 1 aliphatic heterocycles. The number of nitrogens with zero attached hydrogens (tertiary/aromatic N) is 1. The molecule has 2 amide bonds. The largest absolute Gasteiger partial charge is 0.476 e. The average molecular weight is 417 g/mol. The van der Waals surface area contributed by atoms with E-state index in [0.29, 0.717) is 18.0 Å². The van der Waals surface area contributed by atoms with Crippen LogP contribution < -0.4 is 15.0 Å². The number of halogens is 1. The van der Waals surface area contributed by atoms with Crippen LogP contribution >= 0.6 is 15.9 Å². The Labute approximate surface area is 161 Å². The fourth-order valence-electron chi connectivity index (χ4n) is 2.90. The van der Waals surface area contributed by atoms with Crippen molar-refractivity contribution >= 4 is 39.1 Å². The van der Waals surface area contributed by atoms with Crippen LogP contribution in [0.4, 0.5) is 11.4 Å². The minimum atomic E-state index is -0.951. The lowest BCUT2D eigenvalue weighted by Crippen LogP contribution is -2.53. The van der Waals surface area contributed by atoms with E-state index >= 15 is 0 Å². The van der Waals surface area contributed by atoms with Crippen molar-refractivity contribution in [2.75, 3.05) is 16.8 Å². The highest BCUT2D eigenvalue weighted by atomic mass is 79.9. The fourth-order valence-corrected chi connectivity index (χ4v) is 3.15. The number of hydrogen-bond acceptors (Lipinski definition) is 3. The van der Waals surface area contributed by atoms with Gasteiger partial charge in [0.1, 0.15) is 5.75 Å². The molecular weight excluding hydrogens is 396 g/mol. The first-order valence-corrected chi connectivity index (χ1v) is 9.23. The number of carbonyl (C=O) groups excluding carboxylic acids is 2. The Morgan fingerprint density at radius 1 is 1.23 bits per heavy atom. The summed E-state index contributed by atoms with van der Waals surface area (Å²) in [6, 6.07) is 13.0. The third-order valence-electron chi connectivity index (χ3n) is 4.29. The molecule has 1 heterocycles. The highest BCUT2D eigenvalue weighted by molar-refractivity contribution is 9.10. The van der Waals surface area contributed by atoms with Crippen LogP contribution in [0.25, 0.3) is 0 Å². The van der Waals surface area contributed by atoms with Crippen molar-refractivity contribution in [2.24, 2.45) is 0 Å². The van der Waals surface area contributed by atoms with Gasteiger partial charge in [0.2, 0.25) is 5.91 Å². The Balaban J connectivity index is 1.71. The van der Waals surface area contributed by atoms with Crippen LogP contribution in [0, 0.1) is 6.92 Å². The van der Waals surface area contributed by atoms with Gasteiger partial charge in [-0.15, -0.1) is 0 Å². The molecule has 1 aliphatic rings. The lowest BCUT2D eigenvalue weighted by Gasteiger charge is -2.38. The van der Waals surface area contributed by atoms with Crippen molar-refractivity contribution in [1.82, 2.24) is 0 Å². The van der Waals surface area contributed by atoms with Crippen LogP contribution in [0.1, 0.15) is 25.8 Å². The number of aryl methyl sites for hydroxylation is 1. The molecule has 0 atom stereocenters. The smallest absolute Gasteiger partial charge is 0.270 e. The van der Waals surface area contributed by atoms with E-state index in [0.717, 1.165) is 15.7 Å². The molecule has 2 aromatic rings. The van der Waals surface area contributed by atoms with Gasteiger partial charge in [-0.3, -0.25) is 9.59 Å². The second-order valence-electron chi connectivity index (χ2n) is 6.80. The van der Waals surface area contributed by atoms with Crippen LogP contribution in [0.3, 0.4) is 0 Å². The van der Waals surface area contributed by atoms with Crippen LogP contribution in [-0.2, 0) is 9.59 Å². The number of amides is 2. The maximum atomic E-state index is 12.7. The van der Waals surface area contributed by atoms with E-state index in [9.17, 15) is 9.59 Å². The SMILES string of the molecule is Cc1cc(NC(=O)CCN2C(=O)C(C)(C)Oc3ccccc32)ccc1Br. The van der Waals surface area contributed by atoms with Crippen molar-refractivity contribution in [1.29, 1.82) is 0 Å². The second kappa shape index (κ2) is 7.11. The van der Waals surface area contributed by atoms with E-state index in [2.05, 4.69) is 21.2 Å². The quantitative estimate of drug-likeness (QED) is 0.808. The van der Waals surface area contributed by atoms with E-state index in [4.69, 9.17) is 4.74 Å². The number of ether oxygens (including phenoxy) is 1. The molecule has 3 rings (SSSR count). The molecular formula is C20H21BrN2O3. The first-order valence-electron chi connectivity index (χ1n) is 8.44. The summed E-state index contributed by atoms with van der Waals surface area (Å²) >= 11 is 3.44. The van der Waals surface area contributed by atoms with Crippen molar-refractivity contribution in [3.63, 3.8) is 0 Å². The zero-order valence-electron chi connectivity index (χ0n) is 15.0. The predicted molar refractivity (Wildman–Crippen MR) is 106 cm³/mol. The molecule has 6 heteroatoms. The van der Waals surface area contributed by atoms with Crippen LogP contribution in [0.15, 0.2) is 46.9 Å². The molecule has 136 valence electrons. The molecule has 0 saturated heterocycles. The minimum absolute atomic E-state index is 0.138. The Hall–Kier alpha value is -2.34. The minimum Gasteiger partial charge on any atom is -0.476 e. The first-order chi connectivity index (χ1) is 12.3. The zero-order chi connectivity index (χ0) is 18.9. The predicted octanol–water partition coefficient (Wildman–Crippen LogP) is 4.29. The van der Waals surface area contributed by atoms with Gasteiger partial charge in [-0.1, -0.05) is 28.1 Å². The van der Waals surface area contributed by atoms with E-state index in [1.807, 2.05) is 49.4 Å². The Morgan fingerprint density at radius 3 is 2.69 bits per heavy atom. The second-order valence-corrected chi connectivity index (χ2v) is 7.65. The maximum absolute atomic E-state index is 12.7. The lowest BCUT2D eigenvalue weighted by atomic mass is 10.0. The summed E-state index contributed by atoms with van der Waals surface area (Å²) < 4.78 is 6.79. The number of benzene rings is 2. The average Bonchev–Trinajstić information content (AvgIpc) is 2.58. The number of para-hydroxylation sites is 2. The normalized spacial score (nSPS) is 15.2. The molecule has 0 unspecified atom stereocenters. The van der Waals surface area contributed by atoms with Crippen LogP contribution in [-0.4, -0.2) is 24.0 Å². The molecule has 0 radical (unpaired) electrons.